The predicted octanol–water partition coefficient (Wildman–Crippen LogP) is 0.938. The summed E-state index contributed by atoms with van der Waals surface area (Å²) in [7, 11) is 1.39. The van der Waals surface area contributed by atoms with Crippen LogP contribution >= 0.6 is 0 Å². The van der Waals surface area contributed by atoms with E-state index in [2.05, 4.69) is 15.3 Å². The lowest BCUT2D eigenvalue weighted by Crippen LogP contribution is -2.40. The molecule has 1 aromatic heterocycles. The summed E-state index contributed by atoms with van der Waals surface area (Å²) >= 11 is 0. The van der Waals surface area contributed by atoms with Gasteiger partial charge in [-0.2, -0.15) is 0 Å². The van der Waals surface area contributed by atoms with Crippen molar-refractivity contribution in [3.05, 3.63) is 24.3 Å². The molecule has 1 fully saturated rings. The lowest BCUT2D eigenvalue weighted by atomic mass is 9.85. The van der Waals surface area contributed by atoms with Crippen LogP contribution in [-0.2, 0) is 9.53 Å². The summed E-state index contributed by atoms with van der Waals surface area (Å²) in [5.74, 6) is -0.463. The molecule has 0 radical (unpaired) electrons. The predicted molar refractivity (Wildman–Crippen MR) is 67.3 cm³/mol. The Bertz CT molecular complexity index is 450. The molecule has 6 heteroatoms. The van der Waals surface area contributed by atoms with Crippen molar-refractivity contribution in [1.29, 1.82) is 0 Å². The van der Waals surface area contributed by atoms with E-state index >= 15 is 0 Å². The van der Waals surface area contributed by atoms with Gasteiger partial charge in [0.05, 0.1) is 13.0 Å². The van der Waals surface area contributed by atoms with Gasteiger partial charge in [-0.05, 0) is 25.3 Å². The fourth-order valence-electron chi connectivity index (χ4n) is 2.37. The standard InChI is InChI=1S/C13H17N3O3/c1-19-13(18)9-4-2-5-10(8-9)16-12(17)11-14-6-3-7-15-11/h3,6-7,9-10H,2,4-5,8H2,1H3,(H,16,17)/t9-,10-/m0/s1. The van der Waals surface area contributed by atoms with Crippen molar-refractivity contribution in [2.45, 2.75) is 31.7 Å². The second-order valence-electron chi connectivity index (χ2n) is 4.63. The van der Waals surface area contributed by atoms with Gasteiger partial charge in [-0.25, -0.2) is 9.97 Å². The molecule has 1 aliphatic rings. The number of hydrogen-bond acceptors (Lipinski definition) is 5. The molecular formula is C13H17N3O3. The number of ether oxygens (including phenoxy) is 1. The molecule has 102 valence electrons. The van der Waals surface area contributed by atoms with E-state index in [1.165, 1.54) is 19.5 Å². The molecule has 0 aromatic carbocycles. The van der Waals surface area contributed by atoms with Gasteiger partial charge < -0.3 is 10.1 Å². The summed E-state index contributed by atoms with van der Waals surface area (Å²) in [6, 6.07) is 1.64. The maximum Gasteiger partial charge on any atom is 0.308 e. The third kappa shape index (κ3) is 3.49. The Morgan fingerprint density at radius 1 is 1.32 bits per heavy atom. The minimum absolute atomic E-state index is 0.0193. The third-order valence-electron chi connectivity index (χ3n) is 3.31. The number of amides is 1. The quantitative estimate of drug-likeness (QED) is 0.821. The zero-order valence-electron chi connectivity index (χ0n) is 10.8. The SMILES string of the molecule is COC(=O)[C@H]1CCC[C@H](NC(=O)c2ncccn2)C1. The molecule has 1 heterocycles. The van der Waals surface area contributed by atoms with E-state index < -0.39 is 0 Å². The molecule has 0 bridgehead atoms. The zero-order valence-corrected chi connectivity index (χ0v) is 10.8. The van der Waals surface area contributed by atoms with Crippen LogP contribution in [0.15, 0.2) is 18.5 Å². The van der Waals surface area contributed by atoms with Crippen LogP contribution < -0.4 is 5.32 Å². The number of nitrogens with zero attached hydrogens (tertiary/aromatic N) is 2. The Morgan fingerprint density at radius 2 is 2.05 bits per heavy atom. The summed E-state index contributed by atoms with van der Waals surface area (Å²) in [5.41, 5.74) is 0. The van der Waals surface area contributed by atoms with E-state index in [1.54, 1.807) is 6.07 Å². The van der Waals surface area contributed by atoms with E-state index in [-0.39, 0.29) is 29.7 Å². The van der Waals surface area contributed by atoms with E-state index in [1.807, 2.05) is 0 Å². The fraction of sp³-hybridized carbons (Fsp3) is 0.538. The van der Waals surface area contributed by atoms with Crippen LogP contribution in [0.4, 0.5) is 0 Å². The van der Waals surface area contributed by atoms with Crippen LogP contribution in [-0.4, -0.2) is 35.0 Å². The minimum atomic E-state index is -0.295. The number of rotatable bonds is 3. The summed E-state index contributed by atoms with van der Waals surface area (Å²) < 4.78 is 4.75. The number of esters is 1. The van der Waals surface area contributed by atoms with E-state index in [0.29, 0.717) is 6.42 Å². The van der Waals surface area contributed by atoms with Gasteiger partial charge in [-0.3, -0.25) is 9.59 Å². The monoisotopic (exact) mass is 263 g/mol. The highest BCUT2D eigenvalue weighted by Gasteiger charge is 2.29. The van der Waals surface area contributed by atoms with Crippen LogP contribution in [0.2, 0.25) is 0 Å². The van der Waals surface area contributed by atoms with Gasteiger partial charge >= 0.3 is 5.97 Å². The average Bonchev–Trinajstić information content (AvgIpc) is 2.47. The van der Waals surface area contributed by atoms with Gasteiger partial charge in [0, 0.05) is 18.4 Å². The van der Waals surface area contributed by atoms with Crippen molar-refractivity contribution in [3.8, 4) is 0 Å². The van der Waals surface area contributed by atoms with E-state index in [0.717, 1.165) is 19.3 Å². The second-order valence-corrected chi connectivity index (χ2v) is 4.63. The highest BCUT2D eigenvalue weighted by molar-refractivity contribution is 5.90. The molecule has 0 spiro atoms. The van der Waals surface area contributed by atoms with Crippen molar-refractivity contribution in [3.63, 3.8) is 0 Å². The van der Waals surface area contributed by atoms with Crippen molar-refractivity contribution in [2.75, 3.05) is 7.11 Å². The topological polar surface area (TPSA) is 81.2 Å². The molecule has 2 rings (SSSR count). The summed E-state index contributed by atoms with van der Waals surface area (Å²) in [6.07, 6.45) is 6.26. The smallest absolute Gasteiger partial charge is 0.308 e. The number of carbonyl (C=O) groups is 2. The van der Waals surface area contributed by atoms with Crippen molar-refractivity contribution < 1.29 is 14.3 Å². The molecule has 1 aromatic rings. The molecule has 1 saturated carbocycles. The lowest BCUT2D eigenvalue weighted by Gasteiger charge is -2.27. The van der Waals surface area contributed by atoms with Crippen LogP contribution in [0, 0.1) is 5.92 Å². The molecule has 2 atom stereocenters. The van der Waals surface area contributed by atoms with Crippen LogP contribution in [0.1, 0.15) is 36.3 Å². The Balaban J connectivity index is 1.92. The normalized spacial score (nSPS) is 22.6. The van der Waals surface area contributed by atoms with Crippen LogP contribution in [0.25, 0.3) is 0 Å². The molecule has 19 heavy (non-hydrogen) atoms. The molecule has 1 amide bonds. The number of nitrogens with one attached hydrogen (secondary N) is 1. The highest BCUT2D eigenvalue weighted by Crippen LogP contribution is 2.25. The van der Waals surface area contributed by atoms with Gasteiger partial charge in [0.2, 0.25) is 5.82 Å². The van der Waals surface area contributed by atoms with E-state index in [9.17, 15) is 9.59 Å². The summed E-state index contributed by atoms with van der Waals surface area (Å²) in [5, 5.41) is 2.87. The Morgan fingerprint density at radius 3 is 2.74 bits per heavy atom. The first kappa shape index (κ1) is 13.5. The van der Waals surface area contributed by atoms with Gasteiger partial charge in [0.1, 0.15) is 0 Å². The molecule has 0 unspecified atom stereocenters. The molecule has 1 N–H and O–H groups in total. The minimum Gasteiger partial charge on any atom is -0.469 e. The number of aromatic nitrogens is 2. The van der Waals surface area contributed by atoms with E-state index in [4.69, 9.17) is 4.74 Å². The number of hydrogen-bond donors (Lipinski definition) is 1. The molecular weight excluding hydrogens is 246 g/mol. The first-order valence-corrected chi connectivity index (χ1v) is 6.36. The van der Waals surface area contributed by atoms with Gasteiger partial charge in [-0.1, -0.05) is 6.42 Å². The Kier molecular flexibility index (Phi) is 4.43. The zero-order chi connectivity index (χ0) is 13.7. The van der Waals surface area contributed by atoms with Crippen molar-refractivity contribution in [1.82, 2.24) is 15.3 Å². The van der Waals surface area contributed by atoms with Gasteiger partial charge in [-0.15, -0.1) is 0 Å². The third-order valence-corrected chi connectivity index (χ3v) is 3.31. The number of methoxy groups -OCH3 is 1. The highest BCUT2D eigenvalue weighted by atomic mass is 16.5. The van der Waals surface area contributed by atoms with Crippen molar-refractivity contribution >= 4 is 11.9 Å². The van der Waals surface area contributed by atoms with Gasteiger partial charge in [0.15, 0.2) is 0 Å². The van der Waals surface area contributed by atoms with Crippen LogP contribution in [0.5, 0.6) is 0 Å². The second kappa shape index (κ2) is 6.26. The van der Waals surface area contributed by atoms with Gasteiger partial charge in [0.25, 0.3) is 5.91 Å². The molecule has 0 aliphatic heterocycles. The largest absolute Gasteiger partial charge is 0.469 e. The lowest BCUT2D eigenvalue weighted by molar-refractivity contribution is -0.146. The van der Waals surface area contributed by atoms with Crippen LogP contribution in [0.3, 0.4) is 0 Å². The van der Waals surface area contributed by atoms with Crippen molar-refractivity contribution in [2.24, 2.45) is 5.92 Å². The number of carbonyl (C=O) groups excluding carboxylic acids is 2. The summed E-state index contributed by atoms with van der Waals surface area (Å²) in [4.78, 5) is 31.2. The fourth-order valence-corrected chi connectivity index (χ4v) is 2.37. The maximum atomic E-state index is 11.9. The molecule has 6 nitrogen and oxygen atoms in total. The first-order chi connectivity index (χ1) is 9.20. The molecule has 1 aliphatic carbocycles. The molecule has 0 saturated heterocycles. The Hall–Kier alpha value is -1.98. The summed E-state index contributed by atoms with van der Waals surface area (Å²) in [6.45, 7) is 0. The Labute approximate surface area is 111 Å². The average molecular weight is 263 g/mol. The first-order valence-electron chi connectivity index (χ1n) is 6.36. The maximum absolute atomic E-state index is 11.9.